The molecular formula is C20H26N3O2S+. The summed E-state index contributed by atoms with van der Waals surface area (Å²) < 4.78 is 11.1. The summed E-state index contributed by atoms with van der Waals surface area (Å²) in [6.07, 6.45) is 0. The molecule has 0 amide bonds. The molecule has 1 aliphatic rings. The van der Waals surface area contributed by atoms with Crippen molar-refractivity contribution in [1.82, 2.24) is 4.90 Å². The minimum absolute atomic E-state index is 0.742. The Hall–Kier alpha value is -2.31. The van der Waals surface area contributed by atoms with E-state index in [9.17, 15) is 0 Å². The Morgan fingerprint density at radius 3 is 2.54 bits per heavy atom. The molecule has 5 nitrogen and oxygen atoms in total. The molecule has 0 aliphatic carbocycles. The highest BCUT2D eigenvalue weighted by Gasteiger charge is 2.21. The number of rotatable bonds is 6. The van der Waals surface area contributed by atoms with Gasteiger partial charge in [0.2, 0.25) is 0 Å². The zero-order valence-corrected chi connectivity index (χ0v) is 15.9. The third kappa shape index (κ3) is 5.34. The molecule has 1 fully saturated rings. The maximum Gasteiger partial charge on any atom is 0.173 e. The first kappa shape index (κ1) is 18.5. The quantitative estimate of drug-likeness (QED) is 0.755. The lowest BCUT2D eigenvalue weighted by atomic mass is 10.3. The van der Waals surface area contributed by atoms with E-state index >= 15 is 0 Å². The Labute approximate surface area is 160 Å². The molecule has 1 saturated heterocycles. The zero-order valence-electron chi connectivity index (χ0n) is 15.1. The van der Waals surface area contributed by atoms with E-state index in [0.717, 1.165) is 61.6 Å². The fourth-order valence-corrected chi connectivity index (χ4v) is 3.31. The third-order valence-electron chi connectivity index (χ3n) is 4.55. The van der Waals surface area contributed by atoms with Crippen LogP contribution in [0.25, 0.3) is 0 Å². The second kappa shape index (κ2) is 9.40. The van der Waals surface area contributed by atoms with Gasteiger partial charge in [-0.15, -0.1) is 0 Å². The van der Waals surface area contributed by atoms with E-state index < -0.39 is 0 Å². The number of ether oxygens (including phenoxy) is 2. The van der Waals surface area contributed by atoms with Crippen molar-refractivity contribution in [1.29, 1.82) is 0 Å². The van der Waals surface area contributed by atoms with Gasteiger partial charge in [0.05, 0.1) is 33.3 Å². The van der Waals surface area contributed by atoms with E-state index in [1.165, 1.54) is 0 Å². The predicted octanol–water partition coefficient (Wildman–Crippen LogP) is 1.67. The van der Waals surface area contributed by atoms with Crippen LogP contribution in [0.15, 0.2) is 54.6 Å². The van der Waals surface area contributed by atoms with Gasteiger partial charge in [-0.05, 0) is 36.5 Å². The molecule has 0 spiro atoms. The molecule has 2 N–H and O–H groups in total. The Morgan fingerprint density at radius 2 is 1.81 bits per heavy atom. The lowest BCUT2D eigenvalue weighted by Gasteiger charge is -2.33. The van der Waals surface area contributed by atoms with Gasteiger partial charge < -0.3 is 24.6 Å². The number of para-hydroxylation sites is 1. The number of nitrogens with zero attached hydrogens (tertiary/aromatic N) is 1. The molecule has 3 rings (SSSR count). The van der Waals surface area contributed by atoms with Crippen LogP contribution in [0.4, 0.5) is 5.69 Å². The first-order valence-electron chi connectivity index (χ1n) is 8.96. The van der Waals surface area contributed by atoms with Gasteiger partial charge in [-0.3, -0.25) is 0 Å². The maximum absolute atomic E-state index is 5.80. The second-order valence-electron chi connectivity index (χ2n) is 6.31. The van der Waals surface area contributed by atoms with E-state index in [-0.39, 0.29) is 0 Å². The van der Waals surface area contributed by atoms with Gasteiger partial charge in [0, 0.05) is 11.8 Å². The summed E-state index contributed by atoms with van der Waals surface area (Å²) in [5, 5.41) is 4.09. The van der Waals surface area contributed by atoms with Gasteiger partial charge in [0.1, 0.15) is 24.7 Å². The lowest BCUT2D eigenvalue weighted by molar-refractivity contribution is -0.903. The first-order valence-corrected chi connectivity index (χ1v) is 9.37. The molecule has 2 aromatic carbocycles. The second-order valence-corrected chi connectivity index (χ2v) is 6.70. The summed E-state index contributed by atoms with van der Waals surface area (Å²) >= 11 is 5.57. The first-order chi connectivity index (χ1) is 12.7. The van der Waals surface area contributed by atoms with Crippen LogP contribution in [-0.4, -0.2) is 56.5 Å². The highest BCUT2D eigenvalue weighted by atomic mass is 32.1. The summed E-state index contributed by atoms with van der Waals surface area (Å²) in [5.74, 6) is 1.76. The van der Waals surface area contributed by atoms with Crippen molar-refractivity contribution in [2.24, 2.45) is 0 Å². The maximum atomic E-state index is 5.80. The van der Waals surface area contributed by atoms with Crippen molar-refractivity contribution < 1.29 is 14.4 Å². The number of anilines is 1. The molecule has 0 aromatic heterocycles. The highest BCUT2D eigenvalue weighted by Crippen LogP contribution is 2.17. The largest absolute Gasteiger partial charge is 0.497 e. The van der Waals surface area contributed by atoms with Crippen LogP contribution in [0.2, 0.25) is 0 Å². The Morgan fingerprint density at radius 1 is 1.08 bits per heavy atom. The number of benzene rings is 2. The number of hydrogen-bond donors (Lipinski definition) is 2. The Balaban J connectivity index is 1.39. The number of quaternary nitrogens is 1. The van der Waals surface area contributed by atoms with E-state index in [1.54, 1.807) is 12.0 Å². The topological polar surface area (TPSA) is 38.2 Å². The molecule has 1 heterocycles. The molecule has 26 heavy (non-hydrogen) atoms. The number of thiocarbonyl (C=S) groups is 1. The Bertz CT molecular complexity index is 703. The number of methoxy groups -OCH3 is 1. The summed E-state index contributed by atoms with van der Waals surface area (Å²) in [5.41, 5.74) is 0.959. The summed E-state index contributed by atoms with van der Waals surface area (Å²) in [7, 11) is 1.67. The molecule has 0 radical (unpaired) electrons. The number of piperazine rings is 1. The average Bonchev–Trinajstić information content (AvgIpc) is 2.69. The molecule has 0 bridgehead atoms. The van der Waals surface area contributed by atoms with Crippen molar-refractivity contribution in [3.63, 3.8) is 0 Å². The molecule has 0 unspecified atom stereocenters. The zero-order chi connectivity index (χ0) is 18.2. The van der Waals surface area contributed by atoms with Gasteiger partial charge >= 0.3 is 0 Å². The van der Waals surface area contributed by atoms with Crippen LogP contribution in [0, 0.1) is 0 Å². The molecule has 0 atom stereocenters. The summed E-state index contributed by atoms with van der Waals surface area (Å²) in [6, 6.07) is 17.8. The Kier molecular flexibility index (Phi) is 6.68. The monoisotopic (exact) mass is 372 g/mol. The van der Waals surface area contributed by atoms with Crippen molar-refractivity contribution in [3.05, 3.63) is 54.6 Å². The molecule has 2 aromatic rings. The third-order valence-corrected chi connectivity index (χ3v) is 4.91. The molecule has 138 valence electrons. The fourth-order valence-electron chi connectivity index (χ4n) is 3.01. The van der Waals surface area contributed by atoms with Crippen LogP contribution in [0.3, 0.4) is 0 Å². The minimum Gasteiger partial charge on any atom is -0.497 e. The number of nitrogens with one attached hydrogen (secondary N) is 2. The number of hydrogen-bond acceptors (Lipinski definition) is 3. The molecule has 1 aliphatic heterocycles. The van der Waals surface area contributed by atoms with Crippen LogP contribution in [-0.2, 0) is 0 Å². The average molecular weight is 373 g/mol. The van der Waals surface area contributed by atoms with Gasteiger partial charge in [-0.25, -0.2) is 0 Å². The van der Waals surface area contributed by atoms with Gasteiger partial charge in [-0.1, -0.05) is 24.3 Å². The van der Waals surface area contributed by atoms with Gasteiger partial charge in [0.25, 0.3) is 0 Å². The smallest absolute Gasteiger partial charge is 0.173 e. The minimum atomic E-state index is 0.742. The normalized spacial score (nSPS) is 14.7. The lowest BCUT2D eigenvalue weighted by Crippen LogP contribution is -3.15. The fraction of sp³-hybridized carbons (Fsp3) is 0.350. The van der Waals surface area contributed by atoms with E-state index in [4.69, 9.17) is 21.7 Å². The standard InChI is InChI=1S/C20H25N3O2S/c1-24-19-9-5-6-17(16-19)21-20(26)23-12-10-22(11-13-23)14-15-25-18-7-3-2-4-8-18/h2-9,16H,10-15H2,1H3,(H,21,26)/p+1. The van der Waals surface area contributed by atoms with E-state index in [2.05, 4.69) is 10.2 Å². The van der Waals surface area contributed by atoms with E-state index in [0.29, 0.717) is 0 Å². The van der Waals surface area contributed by atoms with Crippen LogP contribution >= 0.6 is 12.2 Å². The van der Waals surface area contributed by atoms with Crippen LogP contribution in [0.5, 0.6) is 11.5 Å². The SMILES string of the molecule is COc1cccc(NC(=S)N2CC[NH+](CCOc3ccccc3)CC2)c1. The molecule has 0 saturated carbocycles. The highest BCUT2D eigenvalue weighted by molar-refractivity contribution is 7.80. The van der Waals surface area contributed by atoms with Crippen LogP contribution < -0.4 is 19.7 Å². The van der Waals surface area contributed by atoms with Gasteiger partial charge in [-0.2, -0.15) is 0 Å². The molecular weight excluding hydrogens is 346 g/mol. The predicted molar refractivity (Wildman–Crippen MR) is 108 cm³/mol. The van der Waals surface area contributed by atoms with Gasteiger partial charge in [0.15, 0.2) is 5.11 Å². The summed E-state index contributed by atoms with van der Waals surface area (Å²) in [6.45, 7) is 5.80. The molecule has 6 heteroatoms. The van der Waals surface area contributed by atoms with E-state index in [1.807, 2.05) is 54.6 Å². The van der Waals surface area contributed by atoms with Crippen molar-refractivity contribution in [3.8, 4) is 11.5 Å². The van der Waals surface area contributed by atoms with Crippen molar-refractivity contribution >= 4 is 23.0 Å². The van der Waals surface area contributed by atoms with Crippen LogP contribution in [0.1, 0.15) is 0 Å². The van der Waals surface area contributed by atoms with Crippen molar-refractivity contribution in [2.45, 2.75) is 0 Å². The van der Waals surface area contributed by atoms with Crippen molar-refractivity contribution in [2.75, 3.05) is 51.8 Å². The summed E-state index contributed by atoms with van der Waals surface area (Å²) in [4.78, 5) is 3.79.